The van der Waals surface area contributed by atoms with Crippen molar-refractivity contribution >= 4 is 23.2 Å². The second-order valence-corrected chi connectivity index (χ2v) is 3.21. The zero-order chi connectivity index (χ0) is 9.84. The maximum atomic E-state index is 8.52. The summed E-state index contributed by atoms with van der Waals surface area (Å²) in [5, 5.41) is 17.9. The molecular weight excluding hydrogens is 215 g/mol. The Morgan fingerprint density at radius 2 is 2.00 bits per heavy atom. The van der Waals surface area contributed by atoms with Crippen LogP contribution in [0.25, 0.3) is 0 Å². The van der Waals surface area contributed by atoms with Crippen LogP contribution >= 0.6 is 23.2 Å². The first-order valence-corrected chi connectivity index (χ1v) is 4.29. The number of hydrogen-bond acceptors (Lipinski definition) is 3. The standard InChI is InChI=1S/C8H8Cl2O3/c9-5-1-2-7(6(10)3-5)13-4-8(11)12/h1-3,8,11-12H,4H2. The van der Waals surface area contributed by atoms with E-state index in [0.29, 0.717) is 15.8 Å². The van der Waals surface area contributed by atoms with E-state index in [0.717, 1.165) is 0 Å². The fraction of sp³-hybridized carbons (Fsp3) is 0.250. The topological polar surface area (TPSA) is 49.7 Å². The average Bonchev–Trinajstić information content (AvgIpc) is 2.02. The predicted octanol–water partition coefficient (Wildman–Crippen LogP) is 1.68. The molecule has 0 amide bonds. The molecule has 0 saturated carbocycles. The van der Waals surface area contributed by atoms with Crippen LogP contribution in [0.2, 0.25) is 10.0 Å². The fourth-order valence-corrected chi connectivity index (χ4v) is 1.22. The number of aliphatic hydroxyl groups is 2. The van der Waals surface area contributed by atoms with Crippen molar-refractivity contribution in [1.82, 2.24) is 0 Å². The molecule has 5 heteroatoms. The molecule has 2 N–H and O–H groups in total. The molecule has 1 aromatic carbocycles. The highest BCUT2D eigenvalue weighted by molar-refractivity contribution is 6.35. The predicted molar refractivity (Wildman–Crippen MR) is 50.2 cm³/mol. The Morgan fingerprint density at radius 3 is 2.54 bits per heavy atom. The monoisotopic (exact) mass is 222 g/mol. The summed E-state index contributed by atoms with van der Waals surface area (Å²) in [6.45, 7) is -0.221. The molecule has 3 nitrogen and oxygen atoms in total. The zero-order valence-electron chi connectivity index (χ0n) is 6.58. The average molecular weight is 223 g/mol. The van der Waals surface area contributed by atoms with E-state index < -0.39 is 6.29 Å². The third kappa shape index (κ3) is 3.40. The molecule has 0 unspecified atom stereocenters. The summed E-state index contributed by atoms with van der Waals surface area (Å²) >= 11 is 11.4. The first-order chi connectivity index (χ1) is 6.09. The lowest BCUT2D eigenvalue weighted by molar-refractivity contribution is -0.0680. The molecule has 13 heavy (non-hydrogen) atoms. The number of halogens is 2. The van der Waals surface area contributed by atoms with Crippen LogP contribution in [0.3, 0.4) is 0 Å². The van der Waals surface area contributed by atoms with Gasteiger partial charge in [-0.15, -0.1) is 0 Å². The summed E-state index contributed by atoms with van der Waals surface area (Å²) in [6, 6.07) is 4.68. The maximum Gasteiger partial charge on any atom is 0.186 e. The molecule has 0 bridgehead atoms. The number of benzene rings is 1. The van der Waals surface area contributed by atoms with Gasteiger partial charge in [0.25, 0.3) is 0 Å². The Balaban J connectivity index is 2.67. The van der Waals surface area contributed by atoms with Gasteiger partial charge in [-0.3, -0.25) is 0 Å². The van der Waals surface area contributed by atoms with Crippen LogP contribution in [-0.4, -0.2) is 23.1 Å². The molecule has 0 aromatic heterocycles. The molecule has 0 radical (unpaired) electrons. The van der Waals surface area contributed by atoms with Gasteiger partial charge in [-0.1, -0.05) is 23.2 Å². The minimum atomic E-state index is -1.51. The molecule has 0 heterocycles. The van der Waals surface area contributed by atoms with E-state index >= 15 is 0 Å². The van der Waals surface area contributed by atoms with Crippen LogP contribution in [0, 0.1) is 0 Å². The van der Waals surface area contributed by atoms with Crippen molar-refractivity contribution in [2.24, 2.45) is 0 Å². The van der Waals surface area contributed by atoms with E-state index in [4.69, 9.17) is 38.2 Å². The normalized spacial score (nSPS) is 10.5. The minimum absolute atomic E-state index is 0.221. The first-order valence-electron chi connectivity index (χ1n) is 3.53. The second-order valence-electron chi connectivity index (χ2n) is 2.37. The molecule has 0 spiro atoms. The zero-order valence-corrected chi connectivity index (χ0v) is 8.09. The summed E-state index contributed by atoms with van der Waals surface area (Å²) in [7, 11) is 0. The molecule has 72 valence electrons. The van der Waals surface area contributed by atoms with Crippen molar-refractivity contribution in [3.05, 3.63) is 28.2 Å². The highest BCUT2D eigenvalue weighted by Crippen LogP contribution is 2.27. The molecular formula is C8H8Cl2O3. The van der Waals surface area contributed by atoms with Crippen molar-refractivity contribution in [1.29, 1.82) is 0 Å². The largest absolute Gasteiger partial charge is 0.487 e. The van der Waals surface area contributed by atoms with Gasteiger partial charge in [0.1, 0.15) is 12.4 Å². The molecule has 0 atom stereocenters. The van der Waals surface area contributed by atoms with Crippen LogP contribution in [0.15, 0.2) is 18.2 Å². The van der Waals surface area contributed by atoms with Gasteiger partial charge in [0.05, 0.1) is 5.02 Å². The van der Waals surface area contributed by atoms with Crippen molar-refractivity contribution in [2.45, 2.75) is 6.29 Å². The van der Waals surface area contributed by atoms with E-state index in [2.05, 4.69) is 0 Å². The van der Waals surface area contributed by atoms with Crippen LogP contribution in [-0.2, 0) is 0 Å². The van der Waals surface area contributed by atoms with Gasteiger partial charge in [-0.05, 0) is 18.2 Å². The molecule has 0 aliphatic carbocycles. The lowest BCUT2D eigenvalue weighted by Crippen LogP contribution is -2.16. The quantitative estimate of drug-likeness (QED) is 0.766. The van der Waals surface area contributed by atoms with E-state index in [1.165, 1.54) is 6.07 Å². The highest BCUT2D eigenvalue weighted by Gasteiger charge is 2.04. The highest BCUT2D eigenvalue weighted by atomic mass is 35.5. The number of hydrogen-bond donors (Lipinski definition) is 2. The maximum absolute atomic E-state index is 8.52. The van der Waals surface area contributed by atoms with Gasteiger partial charge < -0.3 is 14.9 Å². The number of aliphatic hydroxyl groups excluding tert-OH is 1. The summed E-state index contributed by atoms with van der Waals surface area (Å²) in [4.78, 5) is 0. The fourth-order valence-electron chi connectivity index (χ4n) is 0.757. The third-order valence-electron chi connectivity index (χ3n) is 1.28. The van der Waals surface area contributed by atoms with Gasteiger partial charge >= 0.3 is 0 Å². The molecule has 0 saturated heterocycles. The Kier molecular flexibility index (Phi) is 3.81. The van der Waals surface area contributed by atoms with Gasteiger partial charge in [0.15, 0.2) is 6.29 Å². The lowest BCUT2D eigenvalue weighted by Gasteiger charge is -2.08. The van der Waals surface area contributed by atoms with Crippen LogP contribution in [0.4, 0.5) is 0 Å². The van der Waals surface area contributed by atoms with Crippen molar-refractivity contribution in [3.63, 3.8) is 0 Å². The molecule has 0 fully saturated rings. The SMILES string of the molecule is OC(O)COc1ccc(Cl)cc1Cl. The summed E-state index contributed by atoms with van der Waals surface area (Å²) in [6.07, 6.45) is -1.51. The van der Waals surface area contributed by atoms with E-state index in [9.17, 15) is 0 Å². The van der Waals surface area contributed by atoms with Crippen molar-refractivity contribution in [3.8, 4) is 5.75 Å². The smallest absolute Gasteiger partial charge is 0.186 e. The van der Waals surface area contributed by atoms with E-state index in [1.54, 1.807) is 12.1 Å². The van der Waals surface area contributed by atoms with Crippen LogP contribution < -0.4 is 4.74 Å². The third-order valence-corrected chi connectivity index (χ3v) is 1.81. The van der Waals surface area contributed by atoms with Gasteiger partial charge in [-0.2, -0.15) is 0 Å². The van der Waals surface area contributed by atoms with Gasteiger partial charge in [0.2, 0.25) is 0 Å². The van der Waals surface area contributed by atoms with Crippen molar-refractivity contribution < 1.29 is 14.9 Å². The first kappa shape index (κ1) is 10.6. The summed E-state index contributed by atoms with van der Waals surface area (Å²) in [5.41, 5.74) is 0. The van der Waals surface area contributed by atoms with Gasteiger partial charge in [-0.25, -0.2) is 0 Å². The number of ether oxygens (including phenoxy) is 1. The number of rotatable bonds is 3. The Labute approximate surface area is 85.5 Å². The second kappa shape index (κ2) is 4.67. The minimum Gasteiger partial charge on any atom is -0.487 e. The lowest BCUT2D eigenvalue weighted by atomic mass is 10.3. The Hall–Kier alpha value is -0.480. The van der Waals surface area contributed by atoms with Crippen LogP contribution in [0.1, 0.15) is 0 Å². The summed E-state index contributed by atoms with van der Waals surface area (Å²) < 4.78 is 4.96. The van der Waals surface area contributed by atoms with E-state index in [-0.39, 0.29) is 6.61 Å². The summed E-state index contributed by atoms with van der Waals surface area (Å²) in [5.74, 6) is 0.374. The molecule has 1 aromatic rings. The van der Waals surface area contributed by atoms with Gasteiger partial charge in [0, 0.05) is 5.02 Å². The van der Waals surface area contributed by atoms with Crippen molar-refractivity contribution in [2.75, 3.05) is 6.61 Å². The Bertz CT molecular complexity index is 289. The molecule has 1 rings (SSSR count). The molecule has 0 aliphatic rings. The Morgan fingerprint density at radius 1 is 1.31 bits per heavy atom. The van der Waals surface area contributed by atoms with Crippen LogP contribution in [0.5, 0.6) is 5.75 Å². The van der Waals surface area contributed by atoms with E-state index in [1.807, 2.05) is 0 Å². The molecule has 0 aliphatic heterocycles.